The van der Waals surface area contributed by atoms with Crippen molar-refractivity contribution in [3.8, 4) is 0 Å². The molecule has 0 aromatic carbocycles. The summed E-state index contributed by atoms with van der Waals surface area (Å²) in [5.41, 5.74) is 1.54. The third-order valence-corrected chi connectivity index (χ3v) is 5.54. The van der Waals surface area contributed by atoms with Crippen LogP contribution in [-0.2, 0) is 6.54 Å². The fraction of sp³-hybridized carbons (Fsp3) is 0.471. The van der Waals surface area contributed by atoms with Crippen LogP contribution in [0.4, 0.5) is 5.82 Å². The van der Waals surface area contributed by atoms with Crippen LogP contribution in [0.15, 0.2) is 11.4 Å². The summed E-state index contributed by atoms with van der Waals surface area (Å²) >= 11 is 2.90. The molecule has 3 aromatic heterocycles. The van der Waals surface area contributed by atoms with E-state index in [9.17, 15) is 4.79 Å². The summed E-state index contributed by atoms with van der Waals surface area (Å²) in [4.78, 5) is 26.4. The van der Waals surface area contributed by atoms with Crippen molar-refractivity contribution < 1.29 is 4.79 Å². The van der Waals surface area contributed by atoms with E-state index >= 15 is 0 Å². The molecule has 0 aliphatic rings. The molecule has 0 saturated heterocycles. The number of nitrogens with one attached hydrogen (secondary N) is 2. The van der Waals surface area contributed by atoms with Crippen molar-refractivity contribution in [2.24, 2.45) is 0 Å². The fourth-order valence-electron chi connectivity index (χ4n) is 2.67. The van der Waals surface area contributed by atoms with Crippen LogP contribution in [-0.4, -0.2) is 50.0 Å². The van der Waals surface area contributed by atoms with Crippen molar-refractivity contribution in [3.05, 3.63) is 21.8 Å². The number of hydrogen-bond donors (Lipinski definition) is 2. The third kappa shape index (κ3) is 4.38. The van der Waals surface area contributed by atoms with Crippen LogP contribution in [0.3, 0.4) is 0 Å². The van der Waals surface area contributed by atoms with Gasteiger partial charge in [-0.15, -0.1) is 11.3 Å². The Kier molecular flexibility index (Phi) is 6.27. The topological polar surface area (TPSA) is 97.6 Å². The van der Waals surface area contributed by atoms with Crippen LogP contribution in [0, 0.1) is 13.8 Å². The normalized spacial score (nSPS) is 11.1. The van der Waals surface area contributed by atoms with Gasteiger partial charge in [-0.2, -0.15) is 5.10 Å². The molecule has 27 heavy (non-hydrogen) atoms. The minimum atomic E-state index is -0.0979. The average Bonchev–Trinajstić information content (AvgIpc) is 3.22. The van der Waals surface area contributed by atoms with Gasteiger partial charge in [0.05, 0.1) is 28.8 Å². The van der Waals surface area contributed by atoms with Crippen LogP contribution >= 0.6 is 23.1 Å². The molecule has 3 rings (SSSR count). The number of thioether (sulfide) groups is 1. The Hall–Kier alpha value is -2.20. The number of carbonyl (C=O) groups excluding carboxylic acids is 1. The minimum absolute atomic E-state index is 0.0979. The lowest BCUT2D eigenvalue weighted by Gasteiger charge is -2.08. The molecule has 0 fully saturated rings. The number of thiazole rings is 1. The summed E-state index contributed by atoms with van der Waals surface area (Å²) in [7, 11) is 0. The van der Waals surface area contributed by atoms with Crippen LogP contribution in [0.25, 0.3) is 11.0 Å². The van der Waals surface area contributed by atoms with Gasteiger partial charge in [0.1, 0.15) is 10.7 Å². The molecule has 0 radical (unpaired) electrons. The van der Waals surface area contributed by atoms with Gasteiger partial charge < -0.3 is 10.6 Å². The van der Waals surface area contributed by atoms with Gasteiger partial charge in [0.15, 0.2) is 10.8 Å². The van der Waals surface area contributed by atoms with Crippen LogP contribution in [0.2, 0.25) is 0 Å². The number of nitrogens with zero attached hydrogens (tertiary/aromatic N) is 5. The molecule has 0 unspecified atom stereocenters. The highest BCUT2D eigenvalue weighted by Crippen LogP contribution is 2.23. The van der Waals surface area contributed by atoms with Crippen LogP contribution in [0.1, 0.15) is 33.7 Å². The van der Waals surface area contributed by atoms with Crippen molar-refractivity contribution in [3.63, 3.8) is 0 Å². The maximum absolute atomic E-state index is 12.3. The van der Waals surface area contributed by atoms with E-state index in [0.29, 0.717) is 23.1 Å². The monoisotopic (exact) mass is 405 g/mol. The predicted octanol–water partition coefficient (Wildman–Crippen LogP) is 2.87. The zero-order valence-corrected chi connectivity index (χ0v) is 17.5. The molecule has 2 N–H and O–H groups in total. The quantitative estimate of drug-likeness (QED) is 0.439. The number of fused-ring (bicyclic) bond motifs is 1. The Morgan fingerprint density at radius 3 is 2.74 bits per heavy atom. The van der Waals surface area contributed by atoms with Crippen LogP contribution in [0.5, 0.6) is 0 Å². The molecule has 3 heterocycles. The largest absolute Gasteiger partial charge is 0.369 e. The minimum Gasteiger partial charge on any atom is -0.369 e. The second kappa shape index (κ2) is 8.66. The van der Waals surface area contributed by atoms with Crippen molar-refractivity contribution in [1.82, 2.24) is 30.0 Å². The highest BCUT2D eigenvalue weighted by Gasteiger charge is 2.15. The molecule has 8 nitrogen and oxygen atoms in total. The van der Waals surface area contributed by atoms with Crippen molar-refractivity contribution in [1.29, 1.82) is 0 Å². The first-order chi connectivity index (χ1) is 13.0. The van der Waals surface area contributed by atoms with Crippen molar-refractivity contribution >= 4 is 45.9 Å². The number of amides is 1. The Balaban J connectivity index is 1.73. The maximum Gasteiger partial charge on any atom is 0.263 e. The highest BCUT2D eigenvalue weighted by atomic mass is 32.2. The van der Waals surface area contributed by atoms with Crippen molar-refractivity contribution in [2.75, 3.05) is 24.7 Å². The molecule has 0 bridgehead atoms. The zero-order valence-electron chi connectivity index (χ0n) is 15.9. The molecule has 0 spiro atoms. The van der Waals surface area contributed by atoms with Gasteiger partial charge in [-0.25, -0.2) is 19.6 Å². The number of rotatable bonds is 8. The molecule has 0 aliphatic heterocycles. The molecular formula is C17H23N7OS2. The number of anilines is 1. The molecule has 10 heteroatoms. The summed E-state index contributed by atoms with van der Waals surface area (Å²) < 4.78 is 1.80. The van der Waals surface area contributed by atoms with E-state index in [1.165, 1.54) is 23.1 Å². The highest BCUT2D eigenvalue weighted by molar-refractivity contribution is 7.98. The number of hydrogen-bond acceptors (Lipinski definition) is 8. The van der Waals surface area contributed by atoms with E-state index in [1.54, 1.807) is 10.9 Å². The summed E-state index contributed by atoms with van der Waals surface area (Å²) in [6.07, 6.45) is 4.73. The smallest absolute Gasteiger partial charge is 0.263 e. The molecular weight excluding hydrogens is 382 g/mol. The zero-order chi connectivity index (χ0) is 19.4. The molecule has 0 aliphatic carbocycles. The Morgan fingerprint density at radius 1 is 1.26 bits per heavy atom. The van der Waals surface area contributed by atoms with Gasteiger partial charge >= 0.3 is 0 Å². The number of aromatic nitrogens is 5. The third-order valence-electron chi connectivity index (χ3n) is 3.92. The van der Waals surface area contributed by atoms with Crippen molar-refractivity contribution in [2.45, 2.75) is 38.9 Å². The molecule has 0 saturated carbocycles. The van der Waals surface area contributed by atoms with Gasteiger partial charge in [-0.3, -0.25) is 4.79 Å². The Bertz CT molecular complexity index is 950. The number of carbonyl (C=O) groups is 1. The Labute approximate surface area is 166 Å². The van der Waals surface area contributed by atoms with E-state index in [0.717, 1.165) is 40.5 Å². The van der Waals surface area contributed by atoms with Gasteiger partial charge in [0.25, 0.3) is 5.91 Å². The molecule has 0 atom stereocenters. The average molecular weight is 406 g/mol. The Morgan fingerprint density at radius 2 is 2.07 bits per heavy atom. The van der Waals surface area contributed by atoms with Gasteiger partial charge in [-0.05, 0) is 26.5 Å². The van der Waals surface area contributed by atoms with E-state index in [1.807, 2.05) is 20.1 Å². The second-order valence-electron chi connectivity index (χ2n) is 5.99. The van der Waals surface area contributed by atoms with E-state index in [-0.39, 0.29) is 5.91 Å². The standard InChI is InChI=1S/C17H23N7OS2/c1-5-6-18-14-12-9-20-24(15(12)23-17(22-14)26-4)8-7-19-16(25)13-10(2)21-11(3)27-13/h9H,5-8H2,1-4H3,(H,19,25)(H,18,22,23). The lowest BCUT2D eigenvalue weighted by Crippen LogP contribution is -2.27. The lowest BCUT2D eigenvalue weighted by atomic mass is 10.3. The lowest BCUT2D eigenvalue weighted by molar-refractivity contribution is 0.0955. The fourth-order valence-corrected chi connectivity index (χ4v) is 3.86. The predicted molar refractivity (Wildman–Crippen MR) is 110 cm³/mol. The van der Waals surface area contributed by atoms with E-state index < -0.39 is 0 Å². The van der Waals surface area contributed by atoms with E-state index in [4.69, 9.17) is 0 Å². The van der Waals surface area contributed by atoms with E-state index in [2.05, 4.69) is 37.6 Å². The summed E-state index contributed by atoms with van der Waals surface area (Å²) in [5.74, 6) is 0.705. The van der Waals surface area contributed by atoms with Crippen LogP contribution < -0.4 is 10.6 Å². The molecule has 1 amide bonds. The summed E-state index contributed by atoms with van der Waals surface area (Å²) in [6, 6.07) is 0. The first-order valence-corrected chi connectivity index (χ1v) is 10.8. The first-order valence-electron chi connectivity index (χ1n) is 8.77. The number of aryl methyl sites for hydroxylation is 2. The first kappa shape index (κ1) is 19.6. The molecule has 3 aromatic rings. The second-order valence-corrected chi connectivity index (χ2v) is 7.97. The van der Waals surface area contributed by atoms with Gasteiger partial charge in [0.2, 0.25) is 0 Å². The maximum atomic E-state index is 12.3. The summed E-state index contributed by atoms with van der Waals surface area (Å²) in [5, 5.41) is 13.2. The van der Waals surface area contributed by atoms with Gasteiger partial charge in [-0.1, -0.05) is 18.7 Å². The van der Waals surface area contributed by atoms with Gasteiger partial charge in [0, 0.05) is 13.1 Å². The molecule has 144 valence electrons. The SMILES string of the molecule is CCCNc1nc(SC)nc2c1cnn2CCNC(=O)c1sc(C)nc1C. The summed E-state index contributed by atoms with van der Waals surface area (Å²) in [6.45, 7) is 7.70.